The molecule has 0 saturated heterocycles. The summed E-state index contributed by atoms with van der Waals surface area (Å²) in [4.78, 5) is 0. The van der Waals surface area contributed by atoms with Crippen molar-refractivity contribution in [3.05, 3.63) is 29.8 Å². The Bertz CT molecular complexity index is 318. The summed E-state index contributed by atoms with van der Waals surface area (Å²) in [6.45, 7) is 0. The maximum atomic E-state index is 5.20. The van der Waals surface area contributed by atoms with Gasteiger partial charge in [0.15, 0.2) is 0 Å². The van der Waals surface area contributed by atoms with Crippen molar-refractivity contribution in [3.63, 3.8) is 0 Å². The van der Waals surface area contributed by atoms with Crippen LogP contribution >= 0.6 is 0 Å². The molecule has 0 amide bonds. The van der Waals surface area contributed by atoms with Crippen LogP contribution in [0.15, 0.2) is 24.3 Å². The fourth-order valence-electron chi connectivity index (χ4n) is 1.70. The van der Waals surface area contributed by atoms with Gasteiger partial charge in [0.05, 0.1) is 7.11 Å². The normalized spacial score (nSPS) is 9.75. The zero-order valence-electron chi connectivity index (χ0n) is 10.0. The van der Waals surface area contributed by atoms with Gasteiger partial charge in [-0.05, 0) is 37.0 Å². The number of hydrogen-bond acceptors (Lipinski definition) is 1. The van der Waals surface area contributed by atoms with E-state index in [0.717, 1.165) is 18.6 Å². The molecule has 0 radical (unpaired) electrons. The summed E-state index contributed by atoms with van der Waals surface area (Å²) in [5.41, 5.74) is 1.39. The molecule has 1 heteroatoms. The minimum absolute atomic E-state index is 0.919. The average molecular weight is 216 g/mol. The number of terminal acetylenes is 1. The van der Waals surface area contributed by atoms with E-state index in [1.165, 1.54) is 31.2 Å². The summed E-state index contributed by atoms with van der Waals surface area (Å²) in [7, 11) is 1.69. The van der Waals surface area contributed by atoms with Crippen molar-refractivity contribution in [3.8, 4) is 18.1 Å². The van der Waals surface area contributed by atoms with Gasteiger partial charge in [-0.2, -0.15) is 0 Å². The molecule has 1 aromatic carbocycles. The van der Waals surface area contributed by atoms with Crippen LogP contribution in [0.4, 0.5) is 0 Å². The van der Waals surface area contributed by atoms with Crippen LogP contribution in [0, 0.1) is 12.3 Å². The third-order valence-corrected chi connectivity index (χ3v) is 2.70. The number of rotatable bonds is 7. The van der Waals surface area contributed by atoms with Gasteiger partial charge in [0.25, 0.3) is 0 Å². The van der Waals surface area contributed by atoms with Gasteiger partial charge in [-0.3, -0.25) is 0 Å². The number of hydrogen-bond donors (Lipinski definition) is 0. The van der Waals surface area contributed by atoms with E-state index < -0.39 is 0 Å². The molecule has 0 aliphatic carbocycles. The second-order valence-electron chi connectivity index (χ2n) is 3.97. The van der Waals surface area contributed by atoms with Crippen LogP contribution in [0.2, 0.25) is 0 Å². The SMILES string of the molecule is C#CCCCCCCc1ccc(OC)cc1. The Kier molecular flexibility index (Phi) is 6.18. The first-order valence-electron chi connectivity index (χ1n) is 5.93. The molecule has 16 heavy (non-hydrogen) atoms. The van der Waals surface area contributed by atoms with Gasteiger partial charge in [-0.15, -0.1) is 12.3 Å². The van der Waals surface area contributed by atoms with Gasteiger partial charge >= 0.3 is 0 Å². The van der Waals surface area contributed by atoms with Crippen molar-refractivity contribution in [2.75, 3.05) is 7.11 Å². The van der Waals surface area contributed by atoms with Crippen molar-refractivity contribution in [2.24, 2.45) is 0 Å². The first-order valence-corrected chi connectivity index (χ1v) is 5.93. The molecule has 0 aromatic heterocycles. The van der Waals surface area contributed by atoms with E-state index in [0.29, 0.717) is 0 Å². The third kappa shape index (κ3) is 4.89. The van der Waals surface area contributed by atoms with E-state index in [4.69, 9.17) is 11.2 Å². The van der Waals surface area contributed by atoms with E-state index >= 15 is 0 Å². The van der Waals surface area contributed by atoms with Gasteiger partial charge in [0, 0.05) is 6.42 Å². The summed E-state index contributed by atoms with van der Waals surface area (Å²) in [5.74, 6) is 3.60. The van der Waals surface area contributed by atoms with E-state index in [2.05, 4.69) is 18.1 Å². The third-order valence-electron chi connectivity index (χ3n) is 2.70. The Labute approximate surface area is 98.8 Å². The first kappa shape index (κ1) is 12.6. The Morgan fingerprint density at radius 3 is 2.38 bits per heavy atom. The molecule has 1 nitrogen and oxygen atoms in total. The summed E-state index contributed by atoms with van der Waals surface area (Å²) in [6, 6.07) is 8.32. The quantitative estimate of drug-likeness (QED) is 0.497. The zero-order valence-corrected chi connectivity index (χ0v) is 10.0. The van der Waals surface area contributed by atoms with Crippen molar-refractivity contribution in [1.82, 2.24) is 0 Å². The highest BCUT2D eigenvalue weighted by atomic mass is 16.5. The Morgan fingerprint density at radius 1 is 1.06 bits per heavy atom. The Morgan fingerprint density at radius 2 is 1.75 bits per heavy atom. The summed E-state index contributed by atoms with van der Waals surface area (Å²) < 4.78 is 5.12. The van der Waals surface area contributed by atoms with Crippen molar-refractivity contribution in [1.29, 1.82) is 0 Å². The topological polar surface area (TPSA) is 9.23 Å². The van der Waals surface area contributed by atoms with Crippen LogP contribution < -0.4 is 4.74 Å². The number of aryl methyl sites for hydroxylation is 1. The van der Waals surface area contributed by atoms with E-state index in [1.807, 2.05) is 12.1 Å². The minimum Gasteiger partial charge on any atom is -0.497 e. The highest BCUT2D eigenvalue weighted by Crippen LogP contribution is 2.14. The van der Waals surface area contributed by atoms with Gasteiger partial charge in [0.1, 0.15) is 5.75 Å². The van der Waals surface area contributed by atoms with Crippen LogP contribution in [-0.4, -0.2) is 7.11 Å². The number of ether oxygens (including phenoxy) is 1. The van der Waals surface area contributed by atoms with Crippen LogP contribution in [-0.2, 0) is 6.42 Å². The van der Waals surface area contributed by atoms with Crippen molar-refractivity contribution < 1.29 is 4.74 Å². The van der Waals surface area contributed by atoms with Crippen LogP contribution in [0.3, 0.4) is 0 Å². The Balaban J connectivity index is 2.15. The first-order chi connectivity index (χ1) is 7.86. The zero-order chi connectivity index (χ0) is 11.6. The van der Waals surface area contributed by atoms with Gasteiger partial charge < -0.3 is 4.74 Å². The molecular formula is C15H20O. The van der Waals surface area contributed by atoms with E-state index in [1.54, 1.807) is 7.11 Å². The summed E-state index contributed by atoms with van der Waals surface area (Å²) >= 11 is 0. The number of methoxy groups -OCH3 is 1. The van der Waals surface area contributed by atoms with Gasteiger partial charge in [-0.1, -0.05) is 25.0 Å². The molecule has 0 unspecified atom stereocenters. The summed E-state index contributed by atoms with van der Waals surface area (Å²) in [5, 5.41) is 0. The lowest BCUT2D eigenvalue weighted by Crippen LogP contribution is -1.87. The molecule has 0 spiro atoms. The number of unbranched alkanes of at least 4 members (excludes halogenated alkanes) is 4. The Hall–Kier alpha value is -1.42. The maximum Gasteiger partial charge on any atom is 0.118 e. The molecule has 0 aliphatic rings. The molecule has 86 valence electrons. The van der Waals surface area contributed by atoms with Crippen LogP contribution in [0.25, 0.3) is 0 Å². The van der Waals surface area contributed by atoms with Crippen molar-refractivity contribution in [2.45, 2.75) is 38.5 Å². The smallest absolute Gasteiger partial charge is 0.118 e. The highest BCUT2D eigenvalue weighted by molar-refractivity contribution is 5.27. The minimum atomic E-state index is 0.919. The second-order valence-corrected chi connectivity index (χ2v) is 3.97. The molecule has 0 atom stereocenters. The largest absolute Gasteiger partial charge is 0.497 e. The molecule has 0 fully saturated rings. The van der Waals surface area contributed by atoms with Gasteiger partial charge in [0.2, 0.25) is 0 Å². The lowest BCUT2D eigenvalue weighted by Gasteiger charge is -2.03. The molecule has 0 saturated carbocycles. The second kappa shape index (κ2) is 7.82. The standard InChI is InChI=1S/C15H20O/c1-3-4-5-6-7-8-9-14-10-12-15(16-2)13-11-14/h1,10-13H,4-9H2,2H3. The fourth-order valence-corrected chi connectivity index (χ4v) is 1.70. The fraction of sp³-hybridized carbons (Fsp3) is 0.467. The average Bonchev–Trinajstić information content (AvgIpc) is 2.34. The van der Waals surface area contributed by atoms with E-state index in [-0.39, 0.29) is 0 Å². The molecule has 0 bridgehead atoms. The van der Waals surface area contributed by atoms with Gasteiger partial charge in [-0.25, -0.2) is 0 Å². The summed E-state index contributed by atoms with van der Waals surface area (Å²) in [6.07, 6.45) is 12.2. The van der Waals surface area contributed by atoms with E-state index in [9.17, 15) is 0 Å². The highest BCUT2D eigenvalue weighted by Gasteiger charge is 1.95. The number of benzene rings is 1. The predicted octanol–water partition coefficient (Wildman–Crippen LogP) is 3.82. The monoisotopic (exact) mass is 216 g/mol. The van der Waals surface area contributed by atoms with Crippen LogP contribution in [0.5, 0.6) is 5.75 Å². The molecule has 0 aliphatic heterocycles. The molecule has 0 heterocycles. The molecule has 1 aromatic rings. The molecule has 0 N–H and O–H groups in total. The maximum absolute atomic E-state index is 5.20. The predicted molar refractivity (Wildman–Crippen MR) is 68.6 cm³/mol. The van der Waals surface area contributed by atoms with Crippen molar-refractivity contribution >= 4 is 0 Å². The lowest BCUT2D eigenvalue weighted by atomic mass is 10.1. The lowest BCUT2D eigenvalue weighted by molar-refractivity contribution is 0.414. The van der Waals surface area contributed by atoms with Crippen LogP contribution in [0.1, 0.15) is 37.7 Å². The molecular weight excluding hydrogens is 196 g/mol. The molecule has 1 rings (SSSR count).